The van der Waals surface area contributed by atoms with Crippen molar-refractivity contribution in [3.63, 3.8) is 0 Å². The minimum Gasteiger partial charge on any atom is -0.313 e. The number of nitrogens with zero attached hydrogens (tertiary/aromatic N) is 1. The third kappa shape index (κ3) is 4.96. The lowest BCUT2D eigenvalue weighted by atomic mass is 9.79. The zero-order valence-corrected chi connectivity index (χ0v) is 15.0. The SMILES string of the molecule is CCC1CCC(N(C)CC(CC)(CC)CNC2CC2)CC1. The van der Waals surface area contributed by atoms with Gasteiger partial charge in [0.05, 0.1) is 0 Å². The van der Waals surface area contributed by atoms with E-state index < -0.39 is 0 Å². The van der Waals surface area contributed by atoms with Gasteiger partial charge >= 0.3 is 0 Å². The lowest BCUT2D eigenvalue weighted by molar-refractivity contribution is 0.0926. The van der Waals surface area contributed by atoms with Crippen molar-refractivity contribution in [1.82, 2.24) is 10.2 Å². The molecule has 0 aromatic carbocycles. The molecule has 0 aliphatic heterocycles. The predicted molar refractivity (Wildman–Crippen MR) is 92.7 cm³/mol. The summed E-state index contributed by atoms with van der Waals surface area (Å²) in [5, 5.41) is 3.80. The van der Waals surface area contributed by atoms with E-state index in [2.05, 4.69) is 38.0 Å². The summed E-state index contributed by atoms with van der Waals surface area (Å²) in [6.07, 6.45) is 12.6. The molecule has 0 heterocycles. The van der Waals surface area contributed by atoms with Gasteiger partial charge in [0.25, 0.3) is 0 Å². The Bertz CT molecular complexity index is 286. The third-order valence-electron chi connectivity index (χ3n) is 6.44. The molecule has 0 atom stereocenters. The van der Waals surface area contributed by atoms with Crippen LogP contribution in [0.3, 0.4) is 0 Å². The molecule has 2 heteroatoms. The molecule has 21 heavy (non-hydrogen) atoms. The van der Waals surface area contributed by atoms with Crippen LogP contribution in [0.4, 0.5) is 0 Å². The monoisotopic (exact) mass is 294 g/mol. The van der Waals surface area contributed by atoms with Gasteiger partial charge in [-0.25, -0.2) is 0 Å². The fraction of sp³-hybridized carbons (Fsp3) is 1.00. The van der Waals surface area contributed by atoms with Crippen LogP contribution in [-0.2, 0) is 0 Å². The summed E-state index contributed by atoms with van der Waals surface area (Å²) < 4.78 is 0. The maximum absolute atomic E-state index is 3.80. The normalized spacial score (nSPS) is 27.3. The second-order valence-corrected chi connectivity index (χ2v) is 7.86. The summed E-state index contributed by atoms with van der Waals surface area (Å²) in [6.45, 7) is 9.64. The van der Waals surface area contributed by atoms with E-state index in [1.165, 1.54) is 70.9 Å². The molecule has 2 aliphatic carbocycles. The van der Waals surface area contributed by atoms with Crippen molar-refractivity contribution in [1.29, 1.82) is 0 Å². The minimum atomic E-state index is 0.485. The molecule has 0 saturated heterocycles. The van der Waals surface area contributed by atoms with Gasteiger partial charge in [-0.05, 0) is 69.7 Å². The van der Waals surface area contributed by atoms with Crippen molar-refractivity contribution in [3.05, 3.63) is 0 Å². The summed E-state index contributed by atoms with van der Waals surface area (Å²) in [4.78, 5) is 2.70. The van der Waals surface area contributed by atoms with Gasteiger partial charge in [0.1, 0.15) is 0 Å². The maximum Gasteiger partial charge on any atom is 0.00926 e. The Hall–Kier alpha value is -0.0800. The largest absolute Gasteiger partial charge is 0.313 e. The van der Waals surface area contributed by atoms with Gasteiger partial charge in [-0.2, -0.15) is 0 Å². The second-order valence-electron chi connectivity index (χ2n) is 7.86. The first-order chi connectivity index (χ1) is 10.1. The molecule has 0 aromatic rings. The second kappa shape index (κ2) is 7.97. The molecule has 124 valence electrons. The van der Waals surface area contributed by atoms with Gasteiger partial charge in [-0.3, -0.25) is 0 Å². The maximum atomic E-state index is 3.80. The van der Waals surface area contributed by atoms with Crippen LogP contribution in [0, 0.1) is 11.3 Å². The first-order valence-electron chi connectivity index (χ1n) is 9.56. The average molecular weight is 295 g/mol. The van der Waals surface area contributed by atoms with Crippen LogP contribution in [0.2, 0.25) is 0 Å². The van der Waals surface area contributed by atoms with E-state index in [0.717, 1.165) is 18.0 Å². The Morgan fingerprint density at radius 2 is 1.57 bits per heavy atom. The quantitative estimate of drug-likeness (QED) is 0.676. The third-order valence-corrected chi connectivity index (χ3v) is 6.44. The van der Waals surface area contributed by atoms with Gasteiger partial charge in [0, 0.05) is 25.2 Å². The van der Waals surface area contributed by atoms with Crippen LogP contribution in [0.5, 0.6) is 0 Å². The van der Waals surface area contributed by atoms with Crippen LogP contribution in [-0.4, -0.2) is 37.1 Å². The van der Waals surface area contributed by atoms with E-state index in [-0.39, 0.29) is 0 Å². The molecule has 0 radical (unpaired) electrons. The van der Waals surface area contributed by atoms with Gasteiger partial charge in [0.2, 0.25) is 0 Å². The van der Waals surface area contributed by atoms with Crippen LogP contribution in [0.15, 0.2) is 0 Å². The van der Waals surface area contributed by atoms with Crippen LogP contribution in [0.25, 0.3) is 0 Å². The molecule has 2 rings (SSSR count). The Kier molecular flexibility index (Phi) is 6.55. The molecule has 0 unspecified atom stereocenters. The molecule has 2 nitrogen and oxygen atoms in total. The highest BCUT2D eigenvalue weighted by Crippen LogP contribution is 2.33. The first-order valence-corrected chi connectivity index (χ1v) is 9.56. The minimum absolute atomic E-state index is 0.485. The Balaban J connectivity index is 1.83. The molecule has 0 bridgehead atoms. The summed E-state index contributed by atoms with van der Waals surface area (Å²) >= 11 is 0. The molecule has 2 saturated carbocycles. The number of hydrogen-bond acceptors (Lipinski definition) is 2. The molecule has 1 N–H and O–H groups in total. The van der Waals surface area contributed by atoms with E-state index in [1.54, 1.807) is 0 Å². The van der Waals surface area contributed by atoms with E-state index in [0.29, 0.717) is 5.41 Å². The molecule has 0 aromatic heterocycles. The van der Waals surface area contributed by atoms with Gasteiger partial charge < -0.3 is 10.2 Å². The lowest BCUT2D eigenvalue weighted by Crippen LogP contribution is -2.46. The number of hydrogen-bond donors (Lipinski definition) is 1. The van der Waals surface area contributed by atoms with Crippen molar-refractivity contribution < 1.29 is 0 Å². The standard InChI is InChI=1S/C19H38N2/c1-5-16-8-12-18(13-9-16)21(4)15-19(6-2,7-3)14-20-17-10-11-17/h16-18,20H,5-15H2,1-4H3. The van der Waals surface area contributed by atoms with Gasteiger partial charge in [-0.1, -0.05) is 27.2 Å². The van der Waals surface area contributed by atoms with Crippen molar-refractivity contribution in [2.75, 3.05) is 20.1 Å². The van der Waals surface area contributed by atoms with Crippen LogP contribution in [0.1, 0.15) is 78.6 Å². The molecule has 2 aliphatic rings. The Labute approximate surface area is 133 Å². The highest BCUT2D eigenvalue weighted by atomic mass is 15.1. The highest BCUT2D eigenvalue weighted by molar-refractivity contribution is 4.89. The number of rotatable bonds is 9. The van der Waals surface area contributed by atoms with Gasteiger partial charge in [0.15, 0.2) is 0 Å². The zero-order chi connectivity index (χ0) is 15.3. The summed E-state index contributed by atoms with van der Waals surface area (Å²) in [5.74, 6) is 1.01. The van der Waals surface area contributed by atoms with Crippen molar-refractivity contribution in [2.45, 2.75) is 90.6 Å². The van der Waals surface area contributed by atoms with Crippen molar-refractivity contribution in [2.24, 2.45) is 11.3 Å². The predicted octanol–water partition coefficient (Wildman–Crippen LogP) is 4.45. The molecule has 0 amide bonds. The zero-order valence-electron chi connectivity index (χ0n) is 15.0. The molecular weight excluding hydrogens is 256 g/mol. The molecule has 2 fully saturated rings. The van der Waals surface area contributed by atoms with E-state index in [9.17, 15) is 0 Å². The van der Waals surface area contributed by atoms with E-state index in [4.69, 9.17) is 0 Å². The number of nitrogens with one attached hydrogen (secondary N) is 1. The highest BCUT2D eigenvalue weighted by Gasteiger charge is 2.33. The molecule has 0 spiro atoms. The smallest absolute Gasteiger partial charge is 0.00926 e. The summed E-state index contributed by atoms with van der Waals surface area (Å²) in [7, 11) is 2.38. The van der Waals surface area contributed by atoms with E-state index in [1.807, 2.05) is 0 Å². The van der Waals surface area contributed by atoms with Crippen LogP contribution < -0.4 is 5.32 Å². The fourth-order valence-corrected chi connectivity index (χ4v) is 4.08. The van der Waals surface area contributed by atoms with Gasteiger partial charge in [-0.15, -0.1) is 0 Å². The fourth-order valence-electron chi connectivity index (χ4n) is 4.08. The first kappa shape index (κ1) is 17.3. The van der Waals surface area contributed by atoms with Crippen molar-refractivity contribution in [3.8, 4) is 0 Å². The van der Waals surface area contributed by atoms with E-state index >= 15 is 0 Å². The Morgan fingerprint density at radius 1 is 0.952 bits per heavy atom. The molecular formula is C19H38N2. The van der Waals surface area contributed by atoms with Crippen LogP contribution >= 0.6 is 0 Å². The average Bonchev–Trinajstić information content (AvgIpc) is 3.36. The lowest BCUT2D eigenvalue weighted by Gasteiger charge is -2.41. The summed E-state index contributed by atoms with van der Waals surface area (Å²) in [5.41, 5.74) is 0.485. The van der Waals surface area contributed by atoms with Crippen molar-refractivity contribution >= 4 is 0 Å². The summed E-state index contributed by atoms with van der Waals surface area (Å²) in [6, 6.07) is 1.68. The topological polar surface area (TPSA) is 15.3 Å². The Morgan fingerprint density at radius 3 is 2.05 bits per heavy atom.